The van der Waals surface area contributed by atoms with Gasteiger partial charge in [0, 0.05) is 10.9 Å². The van der Waals surface area contributed by atoms with E-state index in [-0.39, 0.29) is 5.76 Å². The van der Waals surface area contributed by atoms with Gasteiger partial charge in [0.2, 0.25) is 5.76 Å². The first kappa shape index (κ1) is 15.6. The van der Waals surface area contributed by atoms with Crippen molar-refractivity contribution in [1.82, 2.24) is 4.98 Å². The van der Waals surface area contributed by atoms with Gasteiger partial charge in [0.05, 0.1) is 18.6 Å². The number of hydrogen-bond acceptors (Lipinski definition) is 6. The average Bonchev–Trinajstić information content (AvgIpc) is 3.22. The normalized spacial score (nSPS) is 10.7. The molecule has 0 atom stereocenters. The predicted molar refractivity (Wildman–Crippen MR) is 89.3 cm³/mol. The van der Waals surface area contributed by atoms with Gasteiger partial charge in [-0.25, -0.2) is 9.78 Å². The van der Waals surface area contributed by atoms with Crippen LogP contribution in [0.1, 0.15) is 16.3 Å². The number of benzene rings is 1. The van der Waals surface area contributed by atoms with Gasteiger partial charge in [-0.15, -0.1) is 11.3 Å². The second kappa shape index (κ2) is 6.89. The zero-order valence-electron chi connectivity index (χ0n) is 12.2. The van der Waals surface area contributed by atoms with E-state index in [1.807, 2.05) is 29.6 Å². The first-order valence-corrected chi connectivity index (χ1v) is 8.57. The maximum absolute atomic E-state index is 10.8. The summed E-state index contributed by atoms with van der Waals surface area (Å²) in [5, 5.41) is 10.8. The lowest BCUT2D eigenvalue weighted by Crippen LogP contribution is -1.91. The van der Waals surface area contributed by atoms with Crippen molar-refractivity contribution in [3.8, 4) is 17.0 Å². The summed E-state index contributed by atoms with van der Waals surface area (Å²) in [4.78, 5) is 15.4. The summed E-state index contributed by atoms with van der Waals surface area (Å²) >= 11 is 3.06. The molecule has 5 nitrogen and oxygen atoms in total. The molecule has 3 aromatic rings. The number of aromatic carboxylic acids is 1. The molecule has 0 unspecified atom stereocenters. The van der Waals surface area contributed by atoms with Crippen LogP contribution in [-0.2, 0) is 5.75 Å². The lowest BCUT2D eigenvalue weighted by atomic mass is 10.2. The minimum atomic E-state index is -1.06. The van der Waals surface area contributed by atoms with Crippen molar-refractivity contribution in [1.29, 1.82) is 0 Å². The van der Waals surface area contributed by atoms with Crippen LogP contribution in [0.5, 0.6) is 5.75 Å². The summed E-state index contributed by atoms with van der Waals surface area (Å²) in [5.41, 5.74) is 1.89. The van der Waals surface area contributed by atoms with Crippen LogP contribution in [-0.4, -0.2) is 23.2 Å². The Morgan fingerprint density at radius 3 is 3.00 bits per heavy atom. The first-order chi connectivity index (χ1) is 11.2. The van der Waals surface area contributed by atoms with E-state index in [9.17, 15) is 4.79 Å². The second-order valence-corrected chi connectivity index (χ2v) is 6.67. The molecular formula is C16H13NO4S2. The number of nitrogens with zero attached hydrogens (tertiary/aromatic N) is 1. The average molecular weight is 347 g/mol. The number of rotatable bonds is 6. The van der Waals surface area contributed by atoms with Crippen LogP contribution in [0.3, 0.4) is 0 Å². The molecular weight excluding hydrogens is 334 g/mol. The summed E-state index contributed by atoms with van der Waals surface area (Å²) < 4.78 is 11.3. The van der Waals surface area contributed by atoms with Gasteiger partial charge in [-0.05, 0) is 24.3 Å². The Morgan fingerprint density at radius 1 is 1.39 bits per heavy atom. The Labute approximate surface area is 140 Å². The van der Waals surface area contributed by atoms with Crippen molar-refractivity contribution in [3.63, 3.8) is 0 Å². The SMILES string of the molecule is COc1cccc(-c2csc(SCc3ccc(C(=O)O)o3)n2)c1. The highest BCUT2D eigenvalue weighted by Crippen LogP contribution is 2.31. The van der Waals surface area contributed by atoms with Gasteiger partial charge in [-0.2, -0.15) is 0 Å². The summed E-state index contributed by atoms with van der Waals surface area (Å²) in [6.07, 6.45) is 0. The molecule has 3 rings (SSSR count). The number of hydrogen-bond donors (Lipinski definition) is 1. The van der Waals surface area contributed by atoms with Crippen molar-refractivity contribution in [2.24, 2.45) is 0 Å². The van der Waals surface area contributed by atoms with Gasteiger partial charge in [-0.3, -0.25) is 0 Å². The lowest BCUT2D eigenvalue weighted by Gasteiger charge is -2.01. The fraction of sp³-hybridized carbons (Fsp3) is 0.125. The van der Waals surface area contributed by atoms with Crippen LogP contribution in [0, 0.1) is 0 Å². The molecule has 2 aromatic heterocycles. The Kier molecular flexibility index (Phi) is 4.68. The van der Waals surface area contributed by atoms with E-state index in [2.05, 4.69) is 4.98 Å². The van der Waals surface area contributed by atoms with Crippen molar-refractivity contribution < 1.29 is 19.1 Å². The van der Waals surface area contributed by atoms with E-state index in [4.69, 9.17) is 14.3 Å². The fourth-order valence-corrected chi connectivity index (χ4v) is 3.67. The fourth-order valence-electron chi connectivity index (χ4n) is 1.94. The Hall–Kier alpha value is -2.25. The van der Waals surface area contributed by atoms with Gasteiger partial charge in [0.25, 0.3) is 0 Å². The van der Waals surface area contributed by atoms with E-state index < -0.39 is 5.97 Å². The molecule has 0 aliphatic heterocycles. The Bertz CT molecular complexity index is 825. The maximum atomic E-state index is 10.8. The standard InChI is InChI=1S/C16H13NO4S2/c1-20-11-4-2-3-10(7-11)13-9-23-16(17-13)22-8-12-5-6-14(21-12)15(18)19/h2-7,9H,8H2,1H3,(H,18,19). The molecule has 2 heterocycles. The highest BCUT2D eigenvalue weighted by atomic mass is 32.2. The minimum absolute atomic E-state index is 0.0446. The topological polar surface area (TPSA) is 72.6 Å². The molecule has 1 N–H and O–H groups in total. The summed E-state index contributed by atoms with van der Waals surface area (Å²) in [6, 6.07) is 10.9. The van der Waals surface area contributed by atoms with Gasteiger partial charge >= 0.3 is 5.97 Å². The molecule has 0 aliphatic carbocycles. The monoisotopic (exact) mass is 347 g/mol. The lowest BCUT2D eigenvalue weighted by molar-refractivity contribution is 0.0661. The molecule has 7 heteroatoms. The summed E-state index contributed by atoms with van der Waals surface area (Å²) in [6.45, 7) is 0. The van der Waals surface area contributed by atoms with Crippen LogP contribution in [0.15, 0.2) is 50.5 Å². The molecule has 0 saturated carbocycles. The number of thiazole rings is 1. The van der Waals surface area contributed by atoms with Crippen molar-refractivity contribution in [2.45, 2.75) is 10.1 Å². The van der Waals surface area contributed by atoms with E-state index >= 15 is 0 Å². The van der Waals surface area contributed by atoms with E-state index in [0.29, 0.717) is 11.5 Å². The van der Waals surface area contributed by atoms with E-state index in [0.717, 1.165) is 21.3 Å². The van der Waals surface area contributed by atoms with Crippen LogP contribution in [0.2, 0.25) is 0 Å². The van der Waals surface area contributed by atoms with E-state index in [1.54, 1.807) is 24.5 Å². The third-order valence-electron chi connectivity index (χ3n) is 3.06. The number of thioether (sulfide) groups is 1. The molecule has 0 radical (unpaired) electrons. The minimum Gasteiger partial charge on any atom is -0.497 e. The smallest absolute Gasteiger partial charge is 0.371 e. The number of furan rings is 1. The van der Waals surface area contributed by atoms with E-state index in [1.165, 1.54) is 17.8 Å². The molecule has 0 fully saturated rings. The Balaban J connectivity index is 1.68. The highest BCUT2D eigenvalue weighted by Gasteiger charge is 2.11. The molecule has 0 bridgehead atoms. The maximum Gasteiger partial charge on any atom is 0.371 e. The first-order valence-electron chi connectivity index (χ1n) is 6.70. The molecule has 118 valence electrons. The quantitative estimate of drug-likeness (QED) is 0.666. The number of ether oxygens (including phenoxy) is 1. The molecule has 1 aromatic carbocycles. The second-order valence-electron chi connectivity index (χ2n) is 4.59. The zero-order valence-corrected chi connectivity index (χ0v) is 13.8. The number of carboxylic acid groups (broad SMARTS) is 1. The van der Waals surface area contributed by atoms with Crippen molar-refractivity contribution >= 4 is 29.1 Å². The van der Waals surface area contributed by atoms with Crippen LogP contribution >= 0.6 is 23.1 Å². The van der Waals surface area contributed by atoms with Crippen LogP contribution in [0.25, 0.3) is 11.3 Å². The molecule has 0 amide bonds. The molecule has 0 spiro atoms. The number of carboxylic acids is 1. The van der Waals surface area contributed by atoms with Gasteiger partial charge in [-0.1, -0.05) is 23.9 Å². The predicted octanol–water partition coefficient (Wildman–Crippen LogP) is 4.40. The van der Waals surface area contributed by atoms with Crippen LogP contribution in [0.4, 0.5) is 0 Å². The molecule has 0 saturated heterocycles. The Morgan fingerprint density at radius 2 is 2.26 bits per heavy atom. The third-order valence-corrected chi connectivity index (χ3v) is 5.10. The van der Waals surface area contributed by atoms with Gasteiger partial charge in [0.1, 0.15) is 11.5 Å². The van der Waals surface area contributed by atoms with Crippen molar-refractivity contribution in [3.05, 3.63) is 53.3 Å². The highest BCUT2D eigenvalue weighted by molar-refractivity contribution is 8.00. The van der Waals surface area contributed by atoms with Crippen LogP contribution < -0.4 is 4.74 Å². The number of methoxy groups -OCH3 is 1. The molecule has 23 heavy (non-hydrogen) atoms. The number of carbonyl (C=O) groups is 1. The number of aromatic nitrogens is 1. The van der Waals surface area contributed by atoms with Gasteiger partial charge in [0.15, 0.2) is 4.34 Å². The third kappa shape index (κ3) is 3.75. The van der Waals surface area contributed by atoms with Crippen molar-refractivity contribution in [2.75, 3.05) is 7.11 Å². The zero-order chi connectivity index (χ0) is 16.2. The summed E-state index contributed by atoms with van der Waals surface area (Å²) in [7, 11) is 1.64. The summed E-state index contributed by atoms with van der Waals surface area (Å²) in [5.74, 6) is 0.845. The largest absolute Gasteiger partial charge is 0.497 e. The molecule has 0 aliphatic rings. The van der Waals surface area contributed by atoms with Gasteiger partial charge < -0.3 is 14.3 Å².